The predicted molar refractivity (Wildman–Crippen MR) is 97.4 cm³/mol. The summed E-state index contributed by atoms with van der Waals surface area (Å²) in [6.45, 7) is 7.81. The van der Waals surface area contributed by atoms with Crippen molar-refractivity contribution in [3.8, 4) is 0 Å². The van der Waals surface area contributed by atoms with Gasteiger partial charge in [0.2, 0.25) is 10.0 Å². The van der Waals surface area contributed by atoms with Crippen LogP contribution in [-0.4, -0.2) is 81.6 Å². The highest BCUT2D eigenvalue weighted by atomic mass is 32.2. The molecule has 2 saturated heterocycles. The van der Waals surface area contributed by atoms with Crippen molar-refractivity contribution in [2.24, 2.45) is 0 Å². The predicted octanol–water partition coefficient (Wildman–Crippen LogP) is -0.788. The molecule has 3 rings (SSSR count). The molecular weight excluding hydrogens is 354 g/mol. The minimum Gasteiger partial charge on any atom is -0.372 e. The Hall–Kier alpha value is -1.48. The number of piperazine rings is 1. The molecule has 0 unspecified atom stereocenters. The number of carbonyl (C=O) groups excluding carboxylic acids is 1. The molecule has 7 nitrogen and oxygen atoms in total. The van der Waals surface area contributed by atoms with Gasteiger partial charge in [-0.3, -0.25) is 4.79 Å². The van der Waals surface area contributed by atoms with Crippen LogP contribution < -0.4 is 4.90 Å². The van der Waals surface area contributed by atoms with Crippen LogP contribution in [0.25, 0.3) is 0 Å². The normalized spacial score (nSPS) is 26.0. The molecule has 0 radical (unpaired) electrons. The summed E-state index contributed by atoms with van der Waals surface area (Å²) in [5.41, 5.74) is 0. The van der Waals surface area contributed by atoms with Gasteiger partial charge < -0.3 is 14.5 Å². The number of nitrogens with zero attached hydrogens (tertiary/aromatic N) is 2. The molecule has 2 aliphatic rings. The Morgan fingerprint density at radius 2 is 1.69 bits per heavy atom. The van der Waals surface area contributed by atoms with Crippen molar-refractivity contribution in [1.29, 1.82) is 0 Å². The number of benzene rings is 1. The van der Waals surface area contributed by atoms with E-state index >= 15 is 0 Å². The van der Waals surface area contributed by atoms with Gasteiger partial charge in [0.1, 0.15) is 0 Å². The molecule has 1 N–H and O–H groups in total. The van der Waals surface area contributed by atoms with Crippen LogP contribution in [0.3, 0.4) is 0 Å². The molecule has 0 aromatic heterocycles. The van der Waals surface area contributed by atoms with E-state index in [0.29, 0.717) is 50.7 Å². The van der Waals surface area contributed by atoms with Crippen LogP contribution in [0.5, 0.6) is 0 Å². The fourth-order valence-electron chi connectivity index (χ4n) is 3.67. The Morgan fingerprint density at radius 3 is 2.27 bits per heavy atom. The average molecular weight is 383 g/mol. The number of hydrogen-bond acceptors (Lipinski definition) is 4. The van der Waals surface area contributed by atoms with E-state index in [1.807, 2.05) is 18.7 Å². The lowest BCUT2D eigenvalue weighted by molar-refractivity contribution is -0.896. The molecule has 0 bridgehead atoms. The van der Waals surface area contributed by atoms with Gasteiger partial charge in [-0.1, -0.05) is 18.2 Å². The van der Waals surface area contributed by atoms with Gasteiger partial charge in [0.25, 0.3) is 5.91 Å². The lowest BCUT2D eigenvalue weighted by Gasteiger charge is -2.37. The zero-order valence-corrected chi connectivity index (χ0v) is 16.2. The zero-order valence-electron chi connectivity index (χ0n) is 15.4. The Balaban J connectivity index is 1.53. The van der Waals surface area contributed by atoms with Crippen LogP contribution in [0, 0.1) is 0 Å². The number of ether oxygens (including phenoxy) is 1. The van der Waals surface area contributed by atoms with Crippen molar-refractivity contribution in [2.75, 3.05) is 45.8 Å². The smallest absolute Gasteiger partial charge is 0.277 e. The number of quaternary nitrogens is 1. The zero-order chi connectivity index (χ0) is 18.7. The van der Waals surface area contributed by atoms with Gasteiger partial charge >= 0.3 is 0 Å². The average Bonchev–Trinajstić information content (AvgIpc) is 2.62. The number of sulfonamides is 1. The summed E-state index contributed by atoms with van der Waals surface area (Å²) >= 11 is 0. The van der Waals surface area contributed by atoms with Crippen molar-refractivity contribution in [1.82, 2.24) is 9.21 Å². The maximum Gasteiger partial charge on any atom is 0.277 e. The first-order valence-corrected chi connectivity index (χ1v) is 10.6. The molecule has 1 aromatic carbocycles. The Morgan fingerprint density at radius 1 is 1.12 bits per heavy atom. The van der Waals surface area contributed by atoms with Crippen LogP contribution in [-0.2, 0) is 19.6 Å². The molecule has 0 spiro atoms. The standard InChI is InChI=1S/C18H27N3O4S/c1-15-12-20(13-16(2)25-15)18(22)14-19-8-10-21(11-9-19)26(23,24)17-6-4-3-5-7-17/h3-7,15-16H,8-14H2,1-2H3/p+1/t15-,16+. The second-order valence-electron chi connectivity index (χ2n) is 7.20. The molecule has 2 heterocycles. The van der Waals surface area contributed by atoms with Gasteiger partial charge in [-0.05, 0) is 26.0 Å². The maximum absolute atomic E-state index is 12.7. The van der Waals surface area contributed by atoms with Crippen LogP contribution in [0.15, 0.2) is 35.2 Å². The Kier molecular flexibility index (Phi) is 5.96. The molecule has 2 atom stereocenters. The summed E-state index contributed by atoms with van der Waals surface area (Å²) in [7, 11) is -3.44. The van der Waals surface area contributed by atoms with E-state index in [1.165, 1.54) is 4.31 Å². The first-order chi connectivity index (χ1) is 12.4. The van der Waals surface area contributed by atoms with Crippen LogP contribution in [0.1, 0.15) is 13.8 Å². The van der Waals surface area contributed by atoms with Gasteiger partial charge in [-0.15, -0.1) is 0 Å². The fourth-order valence-corrected chi connectivity index (χ4v) is 5.13. The number of morpholine rings is 1. The fraction of sp³-hybridized carbons (Fsp3) is 0.611. The van der Waals surface area contributed by atoms with Crippen LogP contribution in [0.4, 0.5) is 0 Å². The second kappa shape index (κ2) is 8.04. The monoisotopic (exact) mass is 382 g/mol. The summed E-state index contributed by atoms with van der Waals surface area (Å²) < 4.78 is 32.5. The van der Waals surface area contributed by atoms with E-state index in [1.54, 1.807) is 30.3 Å². The lowest BCUT2D eigenvalue weighted by atomic mass is 10.2. The van der Waals surface area contributed by atoms with Crippen LogP contribution in [0.2, 0.25) is 0 Å². The van der Waals surface area contributed by atoms with E-state index < -0.39 is 10.0 Å². The number of amides is 1. The van der Waals surface area contributed by atoms with Gasteiger partial charge in [0, 0.05) is 13.1 Å². The summed E-state index contributed by atoms with van der Waals surface area (Å²) in [6, 6.07) is 8.52. The minimum atomic E-state index is -3.44. The molecule has 8 heteroatoms. The first-order valence-electron chi connectivity index (χ1n) is 9.18. The molecule has 2 aliphatic heterocycles. The number of carbonyl (C=O) groups is 1. The molecule has 26 heavy (non-hydrogen) atoms. The third-order valence-corrected chi connectivity index (χ3v) is 6.90. The van der Waals surface area contributed by atoms with E-state index in [9.17, 15) is 13.2 Å². The van der Waals surface area contributed by atoms with Crippen molar-refractivity contribution >= 4 is 15.9 Å². The summed E-state index contributed by atoms with van der Waals surface area (Å²) in [4.78, 5) is 15.9. The van der Waals surface area contributed by atoms with Crippen molar-refractivity contribution in [2.45, 2.75) is 31.0 Å². The van der Waals surface area contributed by atoms with Crippen molar-refractivity contribution in [3.05, 3.63) is 30.3 Å². The third-order valence-electron chi connectivity index (χ3n) is 4.98. The molecule has 144 valence electrons. The summed E-state index contributed by atoms with van der Waals surface area (Å²) in [5.74, 6) is 0.126. The Labute approximate surface area is 155 Å². The van der Waals surface area contributed by atoms with Gasteiger partial charge in [0.15, 0.2) is 6.54 Å². The SMILES string of the molecule is C[C@@H]1CN(C(=O)C[NH+]2CCN(S(=O)(=O)c3ccccc3)CC2)C[C@H](C)O1. The van der Waals surface area contributed by atoms with E-state index in [2.05, 4.69) is 0 Å². The van der Waals surface area contributed by atoms with Crippen molar-refractivity contribution < 1.29 is 22.8 Å². The quantitative estimate of drug-likeness (QED) is 0.741. The highest BCUT2D eigenvalue weighted by molar-refractivity contribution is 7.89. The molecule has 1 amide bonds. The summed E-state index contributed by atoms with van der Waals surface area (Å²) in [6.07, 6.45) is 0.121. The van der Waals surface area contributed by atoms with Gasteiger partial charge in [0.05, 0.1) is 43.3 Å². The van der Waals surface area contributed by atoms with Crippen molar-refractivity contribution in [3.63, 3.8) is 0 Å². The number of hydrogen-bond donors (Lipinski definition) is 1. The van der Waals surface area contributed by atoms with E-state index in [-0.39, 0.29) is 18.1 Å². The summed E-state index contributed by atoms with van der Waals surface area (Å²) in [5, 5.41) is 0. The topological polar surface area (TPSA) is 71.4 Å². The molecule has 2 fully saturated rings. The van der Waals surface area contributed by atoms with E-state index in [0.717, 1.165) is 4.90 Å². The van der Waals surface area contributed by atoms with E-state index in [4.69, 9.17) is 4.74 Å². The Bertz CT molecular complexity index is 707. The lowest BCUT2D eigenvalue weighted by Crippen LogP contribution is -3.15. The maximum atomic E-state index is 12.7. The minimum absolute atomic E-state index is 0.0607. The highest BCUT2D eigenvalue weighted by Crippen LogP contribution is 2.15. The van der Waals surface area contributed by atoms with Gasteiger partial charge in [-0.2, -0.15) is 4.31 Å². The highest BCUT2D eigenvalue weighted by Gasteiger charge is 2.33. The molecule has 0 saturated carbocycles. The number of rotatable bonds is 4. The largest absolute Gasteiger partial charge is 0.372 e. The second-order valence-corrected chi connectivity index (χ2v) is 9.14. The third kappa shape index (κ3) is 4.43. The molecule has 0 aliphatic carbocycles. The molecular formula is C18H28N3O4S+. The first kappa shape index (κ1) is 19.3. The molecule has 1 aromatic rings. The number of nitrogens with one attached hydrogen (secondary N) is 1. The van der Waals surface area contributed by atoms with Gasteiger partial charge in [-0.25, -0.2) is 8.42 Å². The van der Waals surface area contributed by atoms with Crippen LogP contribution >= 0.6 is 0 Å².